The summed E-state index contributed by atoms with van der Waals surface area (Å²) < 4.78 is 16.1. The van der Waals surface area contributed by atoms with Crippen molar-refractivity contribution in [1.29, 1.82) is 0 Å². The third kappa shape index (κ3) is 17.8. The molecule has 3 aromatic rings. The number of unbranched alkanes of at least 4 members (excludes halogenated alkanes) is 2. The van der Waals surface area contributed by atoms with E-state index in [4.69, 9.17) is 25.8 Å². The van der Waals surface area contributed by atoms with Crippen molar-refractivity contribution >= 4 is 64.9 Å². The van der Waals surface area contributed by atoms with Crippen LogP contribution in [0.4, 0.5) is 10.6 Å². The number of alkyl halides is 1. The summed E-state index contributed by atoms with van der Waals surface area (Å²) in [4.78, 5) is 113. The van der Waals surface area contributed by atoms with Gasteiger partial charge in [-0.15, -0.1) is 11.6 Å². The molecule has 0 saturated heterocycles. The van der Waals surface area contributed by atoms with Crippen LogP contribution in [0.5, 0.6) is 0 Å². The van der Waals surface area contributed by atoms with E-state index < -0.39 is 95.4 Å². The lowest BCUT2D eigenvalue weighted by atomic mass is 9.97. The predicted octanol–water partition coefficient (Wildman–Crippen LogP) is 5.39. The highest BCUT2D eigenvalue weighted by molar-refractivity contribution is 6.28. The smallest absolute Gasteiger partial charge is 0.407 e. The van der Waals surface area contributed by atoms with E-state index in [9.17, 15) is 38.4 Å². The van der Waals surface area contributed by atoms with Crippen LogP contribution < -0.4 is 26.2 Å². The Hall–Kier alpha value is -6.36. The van der Waals surface area contributed by atoms with Gasteiger partial charge in [-0.2, -0.15) is 0 Å². The Labute approximate surface area is 396 Å². The Morgan fingerprint density at radius 3 is 2.04 bits per heavy atom. The Balaban J connectivity index is 1.52. The minimum atomic E-state index is -1.44. The quantitative estimate of drug-likeness (QED) is 0.0363. The number of Topliss-reactive ketones (excluding diaryl/α,β-unsaturated/α-hetero) is 1. The Kier molecular flexibility index (Phi) is 21.2. The third-order valence-corrected chi connectivity index (χ3v) is 11.1. The third-order valence-electron chi connectivity index (χ3n) is 10.9. The van der Waals surface area contributed by atoms with Crippen LogP contribution in [-0.4, -0.2) is 94.6 Å². The highest BCUT2D eigenvalue weighted by Crippen LogP contribution is 2.31. The van der Waals surface area contributed by atoms with Crippen LogP contribution >= 0.6 is 11.6 Å². The standard InChI is InChI=1S/C49H63ClN6O11/c1-6-32(2)43(55-40(58)22-14-9-15-25-52-48(64)67-49(3,4)5)46(62)53-36(23-24-41(59)65-30-33-17-10-7-11-18-33)47(63)56-38(27-35-21-16-26-51-44(35)56)45(61)54-37(39(57)29-50)28-42(60)66-31-34-19-12-8-13-20-34/h7-8,10-13,16-21,26,32,36-38,43H,6,9,14-15,22-25,27-31H2,1-5H3,(H,52,64)(H,53,62)(H,54,61)(H,55,58)/t32-,36-,37+,38-,43-/m0/s1. The zero-order valence-electron chi connectivity index (χ0n) is 38.8. The molecule has 4 rings (SSSR count). The molecule has 1 aromatic heterocycles. The fraction of sp³-hybridized carbons (Fsp3) is 0.490. The number of anilines is 1. The molecule has 0 fully saturated rings. The Morgan fingerprint density at radius 2 is 1.43 bits per heavy atom. The van der Waals surface area contributed by atoms with Crippen LogP contribution in [-0.2, 0) is 67.4 Å². The van der Waals surface area contributed by atoms with Crippen molar-refractivity contribution in [3.8, 4) is 0 Å². The lowest BCUT2D eigenvalue weighted by Gasteiger charge is -2.31. The minimum Gasteiger partial charge on any atom is -0.461 e. The molecule has 5 atom stereocenters. The van der Waals surface area contributed by atoms with Crippen LogP contribution in [0.3, 0.4) is 0 Å². The van der Waals surface area contributed by atoms with Crippen LogP contribution in [0.1, 0.15) is 103 Å². The van der Waals surface area contributed by atoms with E-state index in [1.165, 1.54) is 6.20 Å². The second kappa shape index (κ2) is 26.7. The number of hydrogen-bond acceptors (Lipinski definition) is 12. The number of halogens is 1. The molecule has 5 amide bonds. The first-order chi connectivity index (χ1) is 32.0. The monoisotopic (exact) mass is 946 g/mol. The minimum absolute atomic E-state index is 0.0271. The highest BCUT2D eigenvalue weighted by Gasteiger charge is 2.44. The number of carbonyl (C=O) groups is 8. The Bertz CT molecular complexity index is 2150. The summed E-state index contributed by atoms with van der Waals surface area (Å²) in [5.74, 6) is -5.56. The molecule has 0 spiro atoms. The maximum absolute atomic E-state index is 14.9. The summed E-state index contributed by atoms with van der Waals surface area (Å²) in [6.45, 7) is 9.20. The molecule has 1 aliphatic heterocycles. The fourth-order valence-corrected chi connectivity index (χ4v) is 7.28. The zero-order valence-corrected chi connectivity index (χ0v) is 39.6. The number of benzene rings is 2. The van der Waals surface area contributed by atoms with Gasteiger partial charge in [0.05, 0.1) is 18.3 Å². The summed E-state index contributed by atoms with van der Waals surface area (Å²) in [5.41, 5.74) is 1.34. The first-order valence-electron chi connectivity index (χ1n) is 22.6. The molecule has 0 unspecified atom stereocenters. The number of esters is 2. The summed E-state index contributed by atoms with van der Waals surface area (Å²) in [5, 5.41) is 10.9. The molecule has 362 valence electrons. The molecular weight excluding hydrogens is 884 g/mol. The second-order valence-corrected chi connectivity index (χ2v) is 17.6. The summed E-state index contributed by atoms with van der Waals surface area (Å²) >= 11 is 5.92. The molecule has 17 nitrogen and oxygen atoms in total. The lowest BCUT2D eigenvalue weighted by molar-refractivity contribution is -0.147. The number of ketones is 1. The number of hydrogen-bond donors (Lipinski definition) is 4. The van der Waals surface area contributed by atoms with Crippen molar-refractivity contribution in [2.45, 2.75) is 135 Å². The zero-order chi connectivity index (χ0) is 48.9. The largest absolute Gasteiger partial charge is 0.461 e. The van der Waals surface area contributed by atoms with E-state index >= 15 is 0 Å². The van der Waals surface area contributed by atoms with E-state index in [1.54, 1.807) is 88.4 Å². The Morgan fingerprint density at radius 1 is 0.791 bits per heavy atom. The molecule has 0 aliphatic carbocycles. The van der Waals surface area contributed by atoms with Crippen LogP contribution in [0.2, 0.25) is 0 Å². The molecule has 0 bridgehead atoms. The van der Waals surface area contributed by atoms with Crippen molar-refractivity contribution in [2.75, 3.05) is 17.3 Å². The predicted molar refractivity (Wildman–Crippen MR) is 249 cm³/mol. The number of ether oxygens (including phenoxy) is 3. The van der Waals surface area contributed by atoms with E-state index in [0.717, 1.165) is 10.5 Å². The highest BCUT2D eigenvalue weighted by atomic mass is 35.5. The molecule has 2 aromatic carbocycles. The molecule has 1 aliphatic rings. The number of amides is 5. The number of pyridine rings is 1. The number of alkyl carbamates (subject to hydrolysis) is 1. The van der Waals surface area contributed by atoms with E-state index in [2.05, 4.69) is 26.3 Å². The number of aromatic nitrogens is 1. The first-order valence-corrected chi connectivity index (χ1v) is 23.1. The summed E-state index contributed by atoms with van der Waals surface area (Å²) in [7, 11) is 0. The van der Waals surface area contributed by atoms with Crippen LogP contribution in [0.15, 0.2) is 79.0 Å². The number of nitrogens with one attached hydrogen (secondary N) is 4. The maximum atomic E-state index is 14.9. The SMILES string of the molecule is CC[C@H](C)[C@H](NC(=O)CCCCCNC(=O)OC(C)(C)C)C(=O)N[C@@H](CCC(=O)OCc1ccccc1)C(=O)N1c2ncccc2C[C@H]1C(=O)N[C@H](CC(=O)OCc1ccccc1)C(=O)CCl. The molecule has 67 heavy (non-hydrogen) atoms. The first kappa shape index (κ1) is 53.3. The normalized spacial score (nSPS) is 14.8. The van der Waals surface area contributed by atoms with Crippen LogP contribution in [0.25, 0.3) is 0 Å². The number of nitrogens with zero attached hydrogens (tertiary/aromatic N) is 2. The lowest BCUT2D eigenvalue weighted by Crippen LogP contribution is -2.59. The van der Waals surface area contributed by atoms with Crippen molar-refractivity contribution in [2.24, 2.45) is 5.92 Å². The number of rotatable bonds is 25. The maximum Gasteiger partial charge on any atom is 0.407 e. The topological polar surface area (TPSA) is 228 Å². The molecule has 0 saturated carbocycles. The van der Waals surface area contributed by atoms with Gasteiger partial charge in [0.15, 0.2) is 5.78 Å². The van der Waals surface area contributed by atoms with Crippen molar-refractivity contribution in [3.05, 3.63) is 95.7 Å². The van der Waals surface area contributed by atoms with Gasteiger partial charge in [0.2, 0.25) is 17.7 Å². The van der Waals surface area contributed by atoms with Gasteiger partial charge < -0.3 is 35.5 Å². The van der Waals surface area contributed by atoms with Gasteiger partial charge in [0.1, 0.15) is 42.8 Å². The fourth-order valence-electron chi connectivity index (χ4n) is 7.09. The average molecular weight is 948 g/mol. The van der Waals surface area contributed by atoms with Crippen molar-refractivity contribution in [1.82, 2.24) is 26.3 Å². The molecule has 18 heteroatoms. The van der Waals surface area contributed by atoms with Gasteiger partial charge in [-0.3, -0.25) is 38.5 Å². The van der Waals surface area contributed by atoms with Crippen molar-refractivity contribution < 1.29 is 52.6 Å². The molecule has 0 radical (unpaired) electrons. The van der Waals surface area contributed by atoms with Gasteiger partial charge in [-0.05, 0) is 68.7 Å². The van der Waals surface area contributed by atoms with E-state index in [-0.39, 0.29) is 44.7 Å². The number of carbonyl (C=O) groups excluding carboxylic acids is 8. The molecule has 4 N–H and O–H groups in total. The van der Waals surface area contributed by atoms with E-state index in [1.807, 2.05) is 19.1 Å². The van der Waals surface area contributed by atoms with Gasteiger partial charge in [-0.25, -0.2) is 9.78 Å². The summed E-state index contributed by atoms with van der Waals surface area (Å²) in [6.07, 6.45) is 2.00. The average Bonchev–Trinajstić information content (AvgIpc) is 3.71. The van der Waals surface area contributed by atoms with Crippen molar-refractivity contribution in [3.63, 3.8) is 0 Å². The molecular formula is C49H63ClN6O11. The number of fused-ring (bicyclic) bond motifs is 1. The van der Waals surface area contributed by atoms with Gasteiger partial charge in [0.25, 0.3) is 5.91 Å². The van der Waals surface area contributed by atoms with E-state index in [0.29, 0.717) is 43.4 Å². The second-order valence-electron chi connectivity index (χ2n) is 17.3. The van der Waals surface area contributed by atoms with Gasteiger partial charge >= 0.3 is 18.0 Å². The van der Waals surface area contributed by atoms with Gasteiger partial charge in [-0.1, -0.05) is 93.4 Å². The molecule has 2 heterocycles. The summed E-state index contributed by atoms with van der Waals surface area (Å²) in [6, 6.07) is 16.0. The van der Waals surface area contributed by atoms with Crippen LogP contribution in [0, 0.1) is 5.92 Å². The van der Waals surface area contributed by atoms with Gasteiger partial charge in [0, 0.05) is 32.0 Å².